The molecule has 1 aromatic rings. The second-order valence-corrected chi connectivity index (χ2v) is 5.98. The molecule has 0 aromatic heterocycles. The van der Waals surface area contributed by atoms with Crippen molar-refractivity contribution in [3.8, 4) is 0 Å². The first-order chi connectivity index (χ1) is 10.7. The second-order valence-electron chi connectivity index (χ2n) is 5.98. The Hall–Kier alpha value is -1.61. The van der Waals surface area contributed by atoms with Gasteiger partial charge < -0.3 is 10.2 Å². The minimum atomic E-state index is -0.190. The SMILES string of the molecule is C=CCN(CC=C)c1cc(CNC2CCCCC2)ccc1F. The van der Waals surface area contributed by atoms with E-state index in [0.717, 1.165) is 12.1 Å². The highest BCUT2D eigenvalue weighted by Gasteiger charge is 2.14. The Labute approximate surface area is 133 Å². The lowest BCUT2D eigenvalue weighted by atomic mass is 9.95. The lowest BCUT2D eigenvalue weighted by molar-refractivity contribution is 0.372. The molecule has 3 heteroatoms. The van der Waals surface area contributed by atoms with E-state index in [1.54, 1.807) is 18.2 Å². The van der Waals surface area contributed by atoms with Gasteiger partial charge in [0.05, 0.1) is 5.69 Å². The van der Waals surface area contributed by atoms with E-state index in [0.29, 0.717) is 24.8 Å². The maximum Gasteiger partial charge on any atom is 0.146 e. The number of rotatable bonds is 8. The number of anilines is 1. The van der Waals surface area contributed by atoms with E-state index in [4.69, 9.17) is 0 Å². The summed E-state index contributed by atoms with van der Waals surface area (Å²) in [5.74, 6) is -0.190. The lowest BCUT2D eigenvalue weighted by Gasteiger charge is -2.25. The van der Waals surface area contributed by atoms with Crippen molar-refractivity contribution < 1.29 is 4.39 Å². The van der Waals surface area contributed by atoms with Crippen molar-refractivity contribution in [1.29, 1.82) is 0 Å². The van der Waals surface area contributed by atoms with Gasteiger partial charge in [-0.25, -0.2) is 4.39 Å². The summed E-state index contributed by atoms with van der Waals surface area (Å²) in [4.78, 5) is 1.94. The number of nitrogens with one attached hydrogen (secondary N) is 1. The van der Waals surface area contributed by atoms with E-state index in [1.165, 1.54) is 32.1 Å². The zero-order valence-electron chi connectivity index (χ0n) is 13.4. The van der Waals surface area contributed by atoms with E-state index in [-0.39, 0.29) is 5.82 Å². The van der Waals surface area contributed by atoms with Gasteiger partial charge in [-0.1, -0.05) is 37.5 Å². The maximum absolute atomic E-state index is 14.1. The molecule has 1 aliphatic rings. The number of halogens is 1. The number of hydrogen-bond donors (Lipinski definition) is 1. The van der Waals surface area contributed by atoms with Gasteiger partial charge in [0.2, 0.25) is 0 Å². The molecule has 0 radical (unpaired) electrons. The van der Waals surface area contributed by atoms with Crippen LogP contribution in [0.5, 0.6) is 0 Å². The largest absolute Gasteiger partial charge is 0.362 e. The molecule has 0 amide bonds. The van der Waals surface area contributed by atoms with Crippen LogP contribution in [0.3, 0.4) is 0 Å². The van der Waals surface area contributed by atoms with Crippen LogP contribution in [-0.4, -0.2) is 19.1 Å². The molecule has 0 spiro atoms. The van der Waals surface area contributed by atoms with Crippen LogP contribution in [0.2, 0.25) is 0 Å². The van der Waals surface area contributed by atoms with Crippen molar-refractivity contribution in [2.24, 2.45) is 0 Å². The molecule has 2 nitrogen and oxygen atoms in total. The molecule has 2 rings (SSSR count). The lowest BCUT2D eigenvalue weighted by Crippen LogP contribution is -2.30. The van der Waals surface area contributed by atoms with Gasteiger partial charge in [-0.15, -0.1) is 13.2 Å². The van der Waals surface area contributed by atoms with Crippen molar-refractivity contribution in [1.82, 2.24) is 5.32 Å². The van der Waals surface area contributed by atoms with Crippen LogP contribution in [0, 0.1) is 5.82 Å². The van der Waals surface area contributed by atoms with Gasteiger partial charge in [-0.2, -0.15) is 0 Å². The topological polar surface area (TPSA) is 15.3 Å². The molecule has 0 bridgehead atoms. The molecule has 0 heterocycles. The van der Waals surface area contributed by atoms with Gasteiger partial charge in [-0.05, 0) is 30.5 Å². The summed E-state index contributed by atoms with van der Waals surface area (Å²) >= 11 is 0. The van der Waals surface area contributed by atoms with Crippen LogP contribution in [0.25, 0.3) is 0 Å². The fraction of sp³-hybridized carbons (Fsp3) is 0.474. The van der Waals surface area contributed by atoms with Crippen LogP contribution >= 0.6 is 0 Å². The Bertz CT molecular complexity index is 482. The standard InChI is InChI=1S/C19H27FN2/c1-3-12-22(13-4-2)19-14-16(10-11-18(19)20)15-21-17-8-6-5-7-9-17/h3-4,10-11,14,17,21H,1-2,5-9,12-13,15H2. The van der Waals surface area contributed by atoms with E-state index >= 15 is 0 Å². The Morgan fingerprint density at radius 2 is 1.82 bits per heavy atom. The summed E-state index contributed by atoms with van der Waals surface area (Å²) in [7, 11) is 0. The molecule has 1 saturated carbocycles. The molecular formula is C19H27FN2. The average Bonchev–Trinajstić information content (AvgIpc) is 2.55. The first-order valence-electron chi connectivity index (χ1n) is 8.23. The number of nitrogens with zero attached hydrogens (tertiary/aromatic N) is 1. The van der Waals surface area contributed by atoms with Crippen LogP contribution in [-0.2, 0) is 6.54 Å². The van der Waals surface area contributed by atoms with Gasteiger partial charge >= 0.3 is 0 Å². The van der Waals surface area contributed by atoms with Gasteiger partial charge in [0.25, 0.3) is 0 Å². The summed E-state index contributed by atoms with van der Waals surface area (Å²) in [5, 5.41) is 3.61. The Morgan fingerprint density at radius 1 is 1.14 bits per heavy atom. The van der Waals surface area contributed by atoms with Crippen molar-refractivity contribution in [2.45, 2.75) is 44.7 Å². The molecule has 0 atom stereocenters. The number of benzene rings is 1. The monoisotopic (exact) mass is 302 g/mol. The third-order valence-electron chi connectivity index (χ3n) is 4.25. The minimum absolute atomic E-state index is 0.190. The van der Waals surface area contributed by atoms with E-state index < -0.39 is 0 Å². The van der Waals surface area contributed by atoms with Gasteiger partial charge in [0.1, 0.15) is 5.82 Å². The van der Waals surface area contributed by atoms with Crippen LogP contribution in [0.4, 0.5) is 10.1 Å². The predicted molar refractivity (Wildman–Crippen MR) is 92.7 cm³/mol. The summed E-state index contributed by atoms with van der Waals surface area (Å²) < 4.78 is 14.1. The van der Waals surface area contributed by atoms with Crippen molar-refractivity contribution in [3.05, 3.63) is 54.9 Å². The third-order valence-corrected chi connectivity index (χ3v) is 4.25. The zero-order valence-corrected chi connectivity index (χ0v) is 13.4. The fourth-order valence-electron chi connectivity index (χ4n) is 3.06. The van der Waals surface area contributed by atoms with Crippen molar-refractivity contribution >= 4 is 5.69 Å². The normalized spacial score (nSPS) is 15.5. The summed E-state index contributed by atoms with van der Waals surface area (Å²) in [6.45, 7) is 9.52. The Balaban J connectivity index is 2.04. The molecule has 0 saturated heterocycles. The highest BCUT2D eigenvalue weighted by molar-refractivity contribution is 5.51. The average molecular weight is 302 g/mol. The molecule has 0 unspecified atom stereocenters. The van der Waals surface area contributed by atoms with Gasteiger partial charge in [0, 0.05) is 25.7 Å². The first kappa shape index (κ1) is 16.8. The molecule has 120 valence electrons. The fourth-order valence-corrected chi connectivity index (χ4v) is 3.06. The van der Waals surface area contributed by atoms with Gasteiger partial charge in [-0.3, -0.25) is 0 Å². The molecule has 22 heavy (non-hydrogen) atoms. The van der Waals surface area contributed by atoms with Crippen molar-refractivity contribution in [3.63, 3.8) is 0 Å². The highest BCUT2D eigenvalue weighted by atomic mass is 19.1. The quantitative estimate of drug-likeness (QED) is 0.715. The second kappa shape index (κ2) is 8.74. The molecule has 1 aliphatic carbocycles. The molecule has 0 aliphatic heterocycles. The Morgan fingerprint density at radius 3 is 2.45 bits per heavy atom. The molecule has 1 N–H and O–H groups in total. The van der Waals surface area contributed by atoms with E-state index in [1.807, 2.05) is 17.0 Å². The molecule has 1 aromatic carbocycles. The van der Waals surface area contributed by atoms with Gasteiger partial charge in [0.15, 0.2) is 0 Å². The Kier molecular flexibility index (Phi) is 6.66. The predicted octanol–water partition coefficient (Wildman–Crippen LogP) is 4.43. The third kappa shape index (κ3) is 4.70. The summed E-state index contributed by atoms with van der Waals surface area (Å²) in [6.07, 6.45) is 10.1. The van der Waals surface area contributed by atoms with E-state index in [9.17, 15) is 4.39 Å². The van der Waals surface area contributed by atoms with E-state index in [2.05, 4.69) is 18.5 Å². The minimum Gasteiger partial charge on any atom is -0.362 e. The number of hydrogen-bond acceptors (Lipinski definition) is 2. The van der Waals surface area contributed by atoms with Crippen LogP contribution in [0.1, 0.15) is 37.7 Å². The maximum atomic E-state index is 14.1. The summed E-state index contributed by atoms with van der Waals surface area (Å²) in [5.41, 5.74) is 1.75. The first-order valence-corrected chi connectivity index (χ1v) is 8.23. The zero-order chi connectivity index (χ0) is 15.8. The molecule has 1 fully saturated rings. The summed E-state index contributed by atoms with van der Waals surface area (Å²) in [6, 6.07) is 5.99. The van der Waals surface area contributed by atoms with Crippen LogP contribution < -0.4 is 10.2 Å². The molecular weight excluding hydrogens is 275 g/mol. The highest BCUT2D eigenvalue weighted by Crippen LogP contribution is 2.22. The van der Waals surface area contributed by atoms with Crippen LogP contribution in [0.15, 0.2) is 43.5 Å². The van der Waals surface area contributed by atoms with Crippen molar-refractivity contribution in [2.75, 3.05) is 18.0 Å². The smallest absolute Gasteiger partial charge is 0.146 e.